The summed E-state index contributed by atoms with van der Waals surface area (Å²) in [5.41, 5.74) is -0.426. The molecular formula is C12H17N3O3S. The summed E-state index contributed by atoms with van der Waals surface area (Å²) in [7, 11) is 0. The highest BCUT2D eigenvalue weighted by molar-refractivity contribution is 7.13. The smallest absolute Gasteiger partial charge is 0.327 e. The first kappa shape index (κ1) is 13.8. The summed E-state index contributed by atoms with van der Waals surface area (Å²) in [5.74, 6) is -0.959. The van der Waals surface area contributed by atoms with Crippen molar-refractivity contribution in [3.63, 3.8) is 0 Å². The average molecular weight is 283 g/mol. The molecule has 1 unspecified atom stereocenters. The molecular weight excluding hydrogens is 266 g/mol. The summed E-state index contributed by atoms with van der Waals surface area (Å²) in [6.07, 6.45) is 3.20. The largest absolute Gasteiger partial charge is 0.480 e. The molecule has 104 valence electrons. The maximum Gasteiger partial charge on any atom is 0.327 e. The Kier molecular flexibility index (Phi) is 3.75. The van der Waals surface area contributed by atoms with Gasteiger partial charge >= 0.3 is 12.0 Å². The van der Waals surface area contributed by atoms with Crippen LogP contribution in [-0.4, -0.2) is 39.6 Å². The first-order chi connectivity index (χ1) is 8.92. The molecule has 0 bridgehead atoms. The lowest BCUT2D eigenvalue weighted by atomic mass is 9.76. The maximum atomic E-state index is 12.2. The summed E-state index contributed by atoms with van der Waals surface area (Å²) in [6, 6.07) is -1.20. The van der Waals surface area contributed by atoms with Crippen molar-refractivity contribution < 1.29 is 14.7 Å². The quantitative estimate of drug-likeness (QED) is 0.872. The monoisotopic (exact) mass is 283 g/mol. The number of thiazole rings is 1. The molecule has 1 atom stereocenters. The van der Waals surface area contributed by atoms with Crippen molar-refractivity contribution in [3.8, 4) is 0 Å². The van der Waals surface area contributed by atoms with Gasteiger partial charge in [-0.2, -0.15) is 0 Å². The minimum absolute atomic E-state index is 0.393. The lowest BCUT2D eigenvalue weighted by Gasteiger charge is -2.43. The van der Waals surface area contributed by atoms with Gasteiger partial charge in [0.25, 0.3) is 0 Å². The fourth-order valence-electron chi connectivity index (χ4n) is 2.53. The normalized spacial score (nSPS) is 22.0. The van der Waals surface area contributed by atoms with E-state index in [4.69, 9.17) is 0 Å². The number of piperidine rings is 1. The third kappa shape index (κ3) is 2.86. The van der Waals surface area contributed by atoms with E-state index in [2.05, 4.69) is 10.3 Å². The number of amides is 2. The van der Waals surface area contributed by atoms with Crippen LogP contribution in [0.4, 0.5) is 9.93 Å². The molecule has 7 heteroatoms. The van der Waals surface area contributed by atoms with E-state index in [1.54, 1.807) is 11.6 Å². The van der Waals surface area contributed by atoms with Crippen LogP contribution in [-0.2, 0) is 4.79 Å². The number of carboxylic acid groups (broad SMARTS) is 1. The molecule has 0 aliphatic carbocycles. The van der Waals surface area contributed by atoms with Gasteiger partial charge in [0.05, 0.1) is 0 Å². The van der Waals surface area contributed by atoms with Crippen molar-refractivity contribution >= 4 is 28.5 Å². The second-order valence-corrected chi connectivity index (χ2v) is 6.19. The number of carbonyl (C=O) groups excluding carboxylic acids is 1. The zero-order valence-corrected chi connectivity index (χ0v) is 11.7. The molecule has 2 amide bonds. The zero-order valence-electron chi connectivity index (χ0n) is 10.9. The van der Waals surface area contributed by atoms with Gasteiger partial charge in [0.2, 0.25) is 0 Å². The molecule has 2 N–H and O–H groups in total. The number of nitrogens with zero attached hydrogens (tertiary/aromatic N) is 2. The van der Waals surface area contributed by atoms with Crippen molar-refractivity contribution in [2.45, 2.75) is 32.7 Å². The molecule has 19 heavy (non-hydrogen) atoms. The molecule has 0 radical (unpaired) electrons. The maximum absolute atomic E-state index is 12.2. The summed E-state index contributed by atoms with van der Waals surface area (Å²) in [5, 5.41) is 14.3. The van der Waals surface area contributed by atoms with Crippen molar-refractivity contribution in [2.75, 3.05) is 11.9 Å². The molecule has 6 nitrogen and oxygen atoms in total. The number of urea groups is 1. The van der Waals surface area contributed by atoms with Crippen LogP contribution in [0.3, 0.4) is 0 Å². The standard InChI is InChI=1S/C12H17N3O3S/c1-12(2)4-3-6-15(8(12)9(16)17)11(18)14-10-13-5-7-19-10/h5,7-8H,3-4,6H2,1-2H3,(H,16,17)(H,13,14,18). The van der Waals surface area contributed by atoms with Crippen molar-refractivity contribution in [1.82, 2.24) is 9.88 Å². The third-order valence-electron chi connectivity index (χ3n) is 3.41. The first-order valence-electron chi connectivity index (χ1n) is 6.12. The second-order valence-electron chi connectivity index (χ2n) is 5.29. The molecule has 2 heterocycles. The van der Waals surface area contributed by atoms with Gasteiger partial charge in [-0.15, -0.1) is 11.3 Å². The number of aromatic nitrogens is 1. The molecule has 0 spiro atoms. The predicted octanol–water partition coefficient (Wildman–Crippen LogP) is 2.25. The Morgan fingerprint density at radius 1 is 1.58 bits per heavy atom. The van der Waals surface area contributed by atoms with E-state index in [-0.39, 0.29) is 0 Å². The molecule has 1 aliphatic heterocycles. The summed E-state index contributed by atoms with van der Waals surface area (Å²) in [6.45, 7) is 4.22. The van der Waals surface area contributed by atoms with Crippen LogP contribution in [0.2, 0.25) is 0 Å². The Morgan fingerprint density at radius 2 is 2.32 bits per heavy atom. The number of nitrogens with one attached hydrogen (secondary N) is 1. The summed E-state index contributed by atoms with van der Waals surface area (Å²) < 4.78 is 0. The Balaban J connectivity index is 2.16. The van der Waals surface area contributed by atoms with Gasteiger partial charge in [-0.05, 0) is 18.3 Å². The van der Waals surface area contributed by atoms with Crippen LogP contribution < -0.4 is 5.32 Å². The fraction of sp³-hybridized carbons (Fsp3) is 0.583. The number of rotatable bonds is 2. The molecule has 1 saturated heterocycles. The predicted molar refractivity (Wildman–Crippen MR) is 72.3 cm³/mol. The van der Waals surface area contributed by atoms with Crippen molar-refractivity contribution in [2.24, 2.45) is 5.41 Å². The number of anilines is 1. The van der Waals surface area contributed by atoms with E-state index in [1.807, 2.05) is 13.8 Å². The van der Waals surface area contributed by atoms with Crippen LogP contribution in [0.15, 0.2) is 11.6 Å². The number of hydrogen-bond donors (Lipinski definition) is 2. The average Bonchev–Trinajstić information content (AvgIpc) is 2.79. The van der Waals surface area contributed by atoms with Crippen LogP contribution in [0.25, 0.3) is 0 Å². The minimum atomic E-state index is -0.959. The third-order valence-corrected chi connectivity index (χ3v) is 4.10. The van der Waals surface area contributed by atoms with E-state index in [0.29, 0.717) is 11.7 Å². The topological polar surface area (TPSA) is 82.5 Å². The molecule has 1 fully saturated rings. The SMILES string of the molecule is CC1(C)CCCN(C(=O)Nc2nccs2)C1C(=O)O. The molecule has 2 rings (SSSR count). The Labute approximate surface area is 115 Å². The van der Waals surface area contributed by atoms with Crippen LogP contribution in [0.5, 0.6) is 0 Å². The lowest BCUT2D eigenvalue weighted by molar-refractivity contribution is -0.148. The highest BCUT2D eigenvalue weighted by atomic mass is 32.1. The van der Waals surface area contributed by atoms with Crippen LogP contribution in [0.1, 0.15) is 26.7 Å². The first-order valence-corrected chi connectivity index (χ1v) is 7.00. The van der Waals surface area contributed by atoms with Crippen molar-refractivity contribution in [1.29, 1.82) is 0 Å². The number of aliphatic carboxylic acids is 1. The number of carbonyl (C=O) groups is 2. The summed E-state index contributed by atoms with van der Waals surface area (Å²) >= 11 is 1.31. The Bertz CT molecular complexity index is 473. The van der Waals surface area contributed by atoms with E-state index < -0.39 is 23.5 Å². The van der Waals surface area contributed by atoms with E-state index in [1.165, 1.54) is 16.2 Å². The van der Waals surface area contributed by atoms with Crippen LogP contribution in [0, 0.1) is 5.41 Å². The van der Waals surface area contributed by atoms with E-state index in [0.717, 1.165) is 12.8 Å². The molecule has 1 aromatic heterocycles. The Morgan fingerprint density at radius 3 is 2.89 bits per heavy atom. The van der Waals surface area contributed by atoms with Gasteiger partial charge in [0.15, 0.2) is 5.13 Å². The fourth-order valence-corrected chi connectivity index (χ4v) is 3.05. The lowest BCUT2D eigenvalue weighted by Crippen LogP contribution is -2.57. The van der Waals surface area contributed by atoms with E-state index >= 15 is 0 Å². The van der Waals surface area contributed by atoms with E-state index in [9.17, 15) is 14.7 Å². The summed E-state index contributed by atoms with van der Waals surface area (Å²) in [4.78, 5) is 29.0. The van der Waals surface area contributed by atoms with Gasteiger partial charge in [0.1, 0.15) is 6.04 Å². The zero-order chi connectivity index (χ0) is 14.0. The molecule has 1 aliphatic rings. The van der Waals surface area contributed by atoms with Crippen molar-refractivity contribution in [3.05, 3.63) is 11.6 Å². The van der Waals surface area contributed by atoms with Gasteiger partial charge in [-0.25, -0.2) is 14.6 Å². The second kappa shape index (κ2) is 5.16. The number of hydrogen-bond acceptors (Lipinski definition) is 4. The molecule has 1 aromatic rings. The Hall–Kier alpha value is -1.63. The number of likely N-dealkylation sites (tertiary alicyclic amines) is 1. The van der Waals surface area contributed by atoms with Gasteiger partial charge in [-0.3, -0.25) is 5.32 Å². The highest BCUT2D eigenvalue weighted by Gasteiger charge is 2.44. The minimum Gasteiger partial charge on any atom is -0.480 e. The highest BCUT2D eigenvalue weighted by Crippen LogP contribution is 2.35. The van der Waals surface area contributed by atoms with Gasteiger partial charge in [-0.1, -0.05) is 13.8 Å². The molecule has 0 saturated carbocycles. The molecule has 0 aromatic carbocycles. The van der Waals surface area contributed by atoms with Crippen LogP contribution >= 0.6 is 11.3 Å². The van der Waals surface area contributed by atoms with Gasteiger partial charge in [0, 0.05) is 18.1 Å². The van der Waals surface area contributed by atoms with Gasteiger partial charge < -0.3 is 10.0 Å². The number of carboxylic acids is 1.